The van der Waals surface area contributed by atoms with Crippen LogP contribution in [0.1, 0.15) is 42.0 Å². The van der Waals surface area contributed by atoms with Crippen molar-refractivity contribution >= 4 is 5.91 Å². The van der Waals surface area contributed by atoms with E-state index < -0.39 is 0 Å². The number of carbonyl (C=O) groups is 1. The minimum Gasteiger partial charge on any atom is -0.441 e. The predicted molar refractivity (Wildman–Crippen MR) is 122 cm³/mol. The summed E-state index contributed by atoms with van der Waals surface area (Å²) in [5, 5.41) is 4.13. The first-order valence-corrected chi connectivity index (χ1v) is 10.7. The van der Waals surface area contributed by atoms with Crippen LogP contribution in [-0.2, 0) is 11.2 Å². The number of aryl methyl sites for hydroxylation is 3. The summed E-state index contributed by atoms with van der Waals surface area (Å²) in [4.78, 5) is 22.9. The van der Waals surface area contributed by atoms with Crippen LogP contribution in [0, 0.1) is 13.8 Å². The molecule has 0 unspecified atom stereocenters. The number of rotatable bonds is 7. The van der Waals surface area contributed by atoms with Crippen LogP contribution >= 0.6 is 0 Å². The van der Waals surface area contributed by atoms with Crippen molar-refractivity contribution < 1.29 is 9.21 Å². The summed E-state index contributed by atoms with van der Waals surface area (Å²) in [6.07, 6.45) is 5.69. The first kappa shape index (κ1) is 21.5. The fraction of sp³-hybridized carbons (Fsp3) is 0.280. The van der Waals surface area contributed by atoms with Crippen LogP contribution < -0.4 is 0 Å². The summed E-state index contributed by atoms with van der Waals surface area (Å²) in [5.74, 6) is 1.35. The highest BCUT2D eigenvalue weighted by molar-refractivity contribution is 5.76. The van der Waals surface area contributed by atoms with Gasteiger partial charge in [-0.05, 0) is 55.7 Å². The standard InChI is InChI=1S/C25H27N5O2/c1-17-5-6-21(13-18(17)2)23-14-27-24(32-23)11-12-25(31)29(4)19(3)20-7-9-22(10-8-20)30-16-26-15-28-30/h5-10,13-16,19H,11-12H2,1-4H3/t19-/m0/s1. The van der Waals surface area contributed by atoms with Crippen LogP contribution in [0.3, 0.4) is 0 Å². The Kier molecular flexibility index (Phi) is 6.16. The van der Waals surface area contributed by atoms with E-state index in [0.717, 1.165) is 22.6 Å². The summed E-state index contributed by atoms with van der Waals surface area (Å²) < 4.78 is 7.59. The summed E-state index contributed by atoms with van der Waals surface area (Å²) in [7, 11) is 1.83. The van der Waals surface area contributed by atoms with Gasteiger partial charge in [0.15, 0.2) is 11.7 Å². The second-order valence-corrected chi connectivity index (χ2v) is 8.03. The highest BCUT2D eigenvalue weighted by Crippen LogP contribution is 2.24. The maximum Gasteiger partial charge on any atom is 0.223 e. The Morgan fingerprint density at radius 1 is 1.12 bits per heavy atom. The van der Waals surface area contributed by atoms with Crippen molar-refractivity contribution in [2.75, 3.05) is 7.05 Å². The molecule has 32 heavy (non-hydrogen) atoms. The van der Waals surface area contributed by atoms with Crippen molar-refractivity contribution in [3.8, 4) is 17.0 Å². The third kappa shape index (κ3) is 4.61. The van der Waals surface area contributed by atoms with Gasteiger partial charge < -0.3 is 9.32 Å². The lowest BCUT2D eigenvalue weighted by molar-refractivity contribution is -0.131. The van der Waals surface area contributed by atoms with Crippen molar-refractivity contribution in [3.63, 3.8) is 0 Å². The molecule has 0 fully saturated rings. The summed E-state index contributed by atoms with van der Waals surface area (Å²) in [6, 6.07) is 14.1. The molecule has 0 spiro atoms. The number of oxazole rings is 1. The Bertz CT molecular complexity index is 1200. The second-order valence-electron chi connectivity index (χ2n) is 8.03. The first-order chi connectivity index (χ1) is 15.4. The van der Waals surface area contributed by atoms with Crippen LogP contribution in [-0.4, -0.2) is 37.6 Å². The molecule has 4 aromatic rings. The molecule has 0 aliphatic heterocycles. The molecule has 1 atom stereocenters. The molecule has 2 aromatic heterocycles. The fourth-order valence-corrected chi connectivity index (χ4v) is 3.53. The number of benzene rings is 2. The van der Waals surface area contributed by atoms with Gasteiger partial charge in [-0.2, -0.15) is 5.10 Å². The molecule has 0 bridgehead atoms. The normalized spacial score (nSPS) is 12.0. The van der Waals surface area contributed by atoms with Gasteiger partial charge in [0.1, 0.15) is 12.7 Å². The molecule has 1 amide bonds. The molecule has 2 heterocycles. The smallest absolute Gasteiger partial charge is 0.223 e. The number of nitrogens with zero attached hydrogens (tertiary/aromatic N) is 5. The quantitative estimate of drug-likeness (QED) is 0.426. The van der Waals surface area contributed by atoms with Crippen molar-refractivity contribution in [2.24, 2.45) is 0 Å². The largest absolute Gasteiger partial charge is 0.441 e. The van der Waals surface area contributed by atoms with Crippen LogP contribution in [0.25, 0.3) is 17.0 Å². The van der Waals surface area contributed by atoms with Gasteiger partial charge in [-0.1, -0.05) is 24.3 Å². The van der Waals surface area contributed by atoms with Gasteiger partial charge in [-0.25, -0.2) is 14.6 Å². The maximum atomic E-state index is 12.8. The van der Waals surface area contributed by atoms with E-state index in [2.05, 4.69) is 41.0 Å². The Labute approximate surface area is 187 Å². The van der Waals surface area contributed by atoms with E-state index in [1.165, 1.54) is 17.5 Å². The number of aromatic nitrogens is 4. The van der Waals surface area contributed by atoms with Crippen molar-refractivity contribution in [1.82, 2.24) is 24.6 Å². The first-order valence-electron chi connectivity index (χ1n) is 10.7. The molecule has 7 nitrogen and oxygen atoms in total. The fourth-order valence-electron chi connectivity index (χ4n) is 3.53. The monoisotopic (exact) mass is 429 g/mol. The molecule has 2 aromatic carbocycles. The summed E-state index contributed by atoms with van der Waals surface area (Å²) in [6.45, 7) is 6.18. The molecule has 7 heteroatoms. The average Bonchev–Trinajstić information content (AvgIpc) is 3.51. The lowest BCUT2D eigenvalue weighted by Gasteiger charge is -2.25. The lowest BCUT2D eigenvalue weighted by atomic mass is 10.1. The van der Waals surface area contributed by atoms with Gasteiger partial charge in [-0.3, -0.25) is 4.79 Å². The number of amides is 1. The molecule has 0 aliphatic rings. The van der Waals surface area contributed by atoms with Gasteiger partial charge in [0.05, 0.1) is 17.9 Å². The van der Waals surface area contributed by atoms with Gasteiger partial charge >= 0.3 is 0 Å². The van der Waals surface area contributed by atoms with E-state index in [1.54, 1.807) is 22.1 Å². The second kappa shape index (κ2) is 9.18. The van der Waals surface area contributed by atoms with Crippen LogP contribution in [0.5, 0.6) is 0 Å². The molecule has 4 rings (SSSR count). The molecular weight excluding hydrogens is 402 g/mol. The van der Waals surface area contributed by atoms with E-state index in [1.807, 2.05) is 44.3 Å². The van der Waals surface area contributed by atoms with E-state index >= 15 is 0 Å². The number of hydrogen-bond acceptors (Lipinski definition) is 5. The highest BCUT2D eigenvalue weighted by Gasteiger charge is 2.18. The van der Waals surface area contributed by atoms with Crippen molar-refractivity contribution in [2.45, 2.75) is 39.7 Å². The molecule has 0 radical (unpaired) electrons. The molecule has 0 saturated heterocycles. The zero-order valence-corrected chi connectivity index (χ0v) is 18.8. The predicted octanol–water partition coefficient (Wildman–Crippen LogP) is 4.69. The minimum atomic E-state index is -0.0528. The van der Waals surface area contributed by atoms with Gasteiger partial charge in [0.25, 0.3) is 0 Å². The minimum absolute atomic E-state index is 0.0452. The number of carbonyl (C=O) groups excluding carboxylic acids is 1. The Morgan fingerprint density at radius 3 is 2.59 bits per heavy atom. The Hall–Kier alpha value is -3.74. The van der Waals surface area contributed by atoms with Crippen molar-refractivity contribution in [1.29, 1.82) is 0 Å². The Balaban J connectivity index is 1.35. The zero-order valence-electron chi connectivity index (χ0n) is 18.8. The maximum absolute atomic E-state index is 12.8. The molecule has 0 aliphatic carbocycles. The Morgan fingerprint density at radius 2 is 1.91 bits per heavy atom. The zero-order chi connectivity index (χ0) is 22.7. The topological polar surface area (TPSA) is 77.1 Å². The molecule has 0 saturated carbocycles. The highest BCUT2D eigenvalue weighted by atomic mass is 16.4. The van der Waals surface area contributed by atoms with Gasteiger partial charge in [-0.15, -0.1) is 0 Å². The van der Waals surface area contributed by atoms with E-state index in [0.29, 0.717) is 18.7 Å². The van der Waals surface area contributed by atoms with Gasteiger partial charge in [0, 0.05) is 25.5 Å². The van der Waals surface area contributed by atoms with Crippen LogP contribution in [0.4, 0.5) is 0 Å². The third-order valence-corrected chi connectivity index (χ3v) is 5.93. The summed E-state index contributed by atoms with van der Waals surface area (Å²) >= 11 is 0. The number of hydrogen-bond donors (Lipinski definition) is 0. The lowest BCUT2D eigenvalue weighted by Crippen LogP contribution is -2.29. The van der Waals surface area contributed by atoms with Crippen molar-refractivity contribution in [3.05, 3.63) is 83.9 Å². The average molecular weight is 430 g/mol. The van der Waals surface area contributed by atoms with E-state index in [4.69, 9.17) is 4.42 Å². The molecule has 164 valence electrons. The molecular formula is C25H27N5O2. The third-order valence-electron chi connectivity index (χ3n) is 5.93. The summed E-state index contributed by atoms with van der Waals surface area (Å²) in [5.41, 5.74) is 5.43. The van der Waals surface area contributed by atoms with E-state index in [-0.39, 0.29) is 11.9 Å². The van der Waals surface area contributed by atoms with Gasteiger partial charge in [0.2, 0.25) is 5.91 Å². The van der Waals surface area contributed by atoms with E-state index in [9.17, 15) is 4.79 Å². The molecule has 0 N–H and O–H groups in total. The van der Waals surface area contributed by atoms with Crippen LogP contribution in [0.2, 0.25) is 0 Å². The SMILES string of the molecule is Cc1ccc(-c2cnc(CCC(=O)N(C)[C@@H](C)c3ccc(-n4cncn4)cc3)o2)cc1C. The van der Waals surface area contributed by atoms with Crippen LogP contribution in [0.15, 0.2) is 65.7 Å².